The van der Waals surface area contributed by atoms with Gasteiger partial charge < -0.3 is 5.73 Å². The Hall–Kier alpha value is -1.14. The van der Waals surface area contributed by atoms with E-state index >= 15 is 0 Å². The maximum atomic E-state index is 12.3. The Labute approximate surface area is 131 Å². The molecule has 0 bridgehead atoms. The molecule has 3 N–H and O–H groups in total. The van der Waals surface area contributed by atoms with Gasteiger partial charge in [-0.1, -0.05) is 34.8 Å². The van der Waals surface area contributed by atoms with Crippen LogP contribution in [0.3, 0.4) is 0 Å². The molecule has 0 aliphatic heterocycles. The van der Waals surface area contributed by atoms with E-state index < -0.39 is 10.0 Å². The fourth-order valence-corrected chi connectivity index (χ4v) is 3.98. The number of nitrogen functional groups attached to an aromatic ring is 1. The highest BCUT2D eigenvalue weighted by atomic mass is 35.5. The Morgan fingerprint density at radius 1 is 0.950 bits per heavy atom. The molecule has 0 fully saturated rings. The van der Waals surface area contributed by atoms with Crippen molar-refractivity contribution in [2.24, 2.45) is 0 Å². The van der Waals surface area contributed by atoms with Gasteiger partial charge in [-0.15, -0.1) is 0 Å². The summed E-state index contributed by atoms with van der Waals surface area (Å²) in [6.45, 7) is 0. The summed E-state index contributed by atoms with van der Waals surface area (Å²) in [6.07, 6.45) is 0. The van der Waals surface area contributed by atoms with Crippen LogP contribution in [0.2, 0.25) is 15.1 Å². The van der Waals surface area contributed by atoms with Gasteiger partial charge in [0.05, 0.1) is 10.0 Å². The Bertz CT molecular complexity index is 723. The van der Waals surface area contributed by atoms with Gasteiger partial charge in [0.15, 0.2) is 0 Å². The van der Waals surface area contributed by atoms with Crippen LogP contribution in [0.1, 0.15) is 0 Å². The first kappa shape index (κ1) is 15.3. The number of halogens is 3. The molecule has 4 nitrogen and oxygen atoms in total. The summed E-state index contributed by atoms with van der Waals surface area (Å²) in [7, 11) is -3.92. The highest BCUT2D eigenvalue weighted by molar-refractivity contribution is 7.93. The van der Waals surface area contributed by atoms with E-state index in [1.165, 1.54) is 24.3 Å². The van der Waals surface area contributed by atoms with E-state index in [0.29, 0.717) is 10.7 Å². The van der Waals surface area contributed by atoms with Crippen molar-refractivity contribution >= 4 is 56.2 Å². The Morgan fingerprint density at radius 2 is 1.45 bits per heavy atom. The maximum absolute atomic E-state index is 12.3. The maximum Gasteiger partial charge on any atom is 0.264 e. The van der Waals surface area contributed by atoms with Gasteiger partial charge in [0.25, 0.3) is 10.0 Å². The average Bonchev–Trinajstić information content (AvgIpc) is 2.30. The van der Waals surface area contributed by atoms with Gasteiger partial charge in [-0.25, -0.2) is 8.42 Å². The van der Waals surface area contributed by atoms with E-state index in [-0.39, 0.29) is 20.6 Å². The minimum atomic E-state index is -3.92. The normalized spacial score (nSPS) is 11.3. The summed E-state index contributed by atoms with van der Waals surface area (Å²) < 4.78 is 26.9. The first-order valence-electron chi connectivity index (χ1n) is 5.32. The second-order valence-corrected chi connectivity index (χ2v) is 6.80. The Kier molecular flexibility index (Phi) is 4.34. The zero-order valence-electron chi connectivity index (χ0n) is 9.90. The van der Waals surface area contributed by atoms with Crippen LogP contribution in [0.15, 0.2) is 41.3 Å². The third kappa shape index (κ3) is 3.30. The lowest BCUT2D eigenvalue weighted by Crippen LogP contribution is -2.14. The molecule has 0 aliphatic rings. The van der Waals surface area contributed by atoms with Crippen molar-refractivity contribution in [2.45, 2.75) is 4.90 Å². The Balaban J connectivity index is 2.43. The van der Waals surface area contributed by atoms with Crippen LogP contribution in [0.25, 0.3) is 0 Å². The van der Waals surface area contributed by atoms with Crippen molar-refractivity contribution in [1.29, 1.82) is 0 Å². The van der Waals surface area contributed by atoms with Gasteiger partial charge in [0.1, 0.15) is 4.90 Å². The predicted octanol–water partition coefficient (Wildman–Crippen LogP) is 4.03. The van der Waals surface area contributed by atoms with E-state index in [2.05, 4.69) is 4.72 Å². The molecule has 0 amide bonds. The van der Waals surface area contributed by atoms with Gasteiger partial charge in [0, 0.05) is 16.4 Å². The van der Waals surface area contributed by atoms with Crippen LogP contribution >= 0.6 is 34.8 Å². The highest BCUT2D eigenvalue weighted by Gasteiger charge is 2.22. The third-order valence-electron chi connectivity index (χ3n) is 2.39. The van der Waals surface area contributed by atoms with Crippen LogP contribution < -0.4 is 10.5 Å². The fourth-order valence-electron chi connectivity index (χ4n) is 1.56. The molecule has 2 aromatic carbocycles. The lowest BCUT2D eigenvalue weighted by molar-refractivity contribution is 0.601. The van der Waals surface area contributed by atoms with E-state index in [1.54, 1.807) is 12.1 Å². The molecule has 20 heavy (non-hydrogen) atoms. The lowest BCUT2D eigenvalue weighted by atomic mass is 10.3. The number of benzene rings is 2. The molecule has 106 valence electrons. The first-order chi connectivity index (χ1) is 9.29. The van der Waals surface area contributed by atoms with Crippen LogP contribution in [-0.4, -0.2) is 8.42 Å². The number of nitrogens with one attached hydrogen (secondary N) is 1. The molecule has 0 aromatic heterocycles. The predicted molar refractivity (Wildman–Crippen MR) is 83.1 cm³/mol. The zero-order chi connectivity index (χ0) is 14.9. The van der Waals surface area contributed by atoms with Crippen LogP contribution in [0.5, 0.6) is 0 Å². The molecule has 0 saturated heterocycles. The minimum Gasteiger partial charge on any atom is -0.399 e. The van der Waals surface area contributed by atoms with Gasteiger partial charge in [-0.2, -0.15) is 0 Å². The fraction of sp³-hybridized carbons (Fsp3) is 0. The van der Waals surface area contributed by atoms with Crippen molar-refractivity contribution in [2.75, 3.05) is 10.5 Å². The quantitative estimate of drug-likeness (QED) is 0.820. The summed E-state index contributed by atoms with van der Waals surface area (Å²) in [4.78, 5) is -0.218. The van der Waals surface area contributed by atoms with Gasteiger partial charge in [0.2, 0.25) is 0 Å². The number of rotatable bonds is 3. The summed E-state index contributed by atoms with van der Waals surface area (Å²) in [6, 6.07) is 8.82. The number of sulfonamides is 1. The number of hydrogen-bond donors (Lipinski definition) is 2. The molecular weight excluding hydrogens is 343 g/mol. The van der Waals surface area contributed by atoms with Crippen molar-refractivity contribution in [3.8, 4) is 0 Å². The standard InChI is InChI=1S/C12H9Cl3N2O2S/c13-7-1-3-9(4-2-7)17-20(18,19)12-10(14)5-8(16)6-11(12)15/h1-6,17H,16H2. The van der Waals surface area contributed by atoms with Crippen LogP contribution in [-0.2, 0) is 10.0 Å². The lowest BCUT2D eigenvalue weighted by Gasteiger charge is -2.11. The third-order valence-corrected chi connectivity index (χ3v) is 4.94. The number of hydrogen-bond acceptors (Lipinski definition) is 3. The smallest absolute Gasteiger partial charge is 0.264 e. The van der Waals surface area contributed by atoms with Gasteiger partial charge >= 0.3 is 0 Å². The molecule has 0 spiro atoms. The molecule has 0 atom stereocenters. The average molecular weight is 352 g/mol. The highest BCUT2D eigenvalue weighted by Crippen LogP contribution is 2.33. The summed E-state index contributed by atoms with van der Waals surface area (Å²) in [5.41, 5.74) is 6.17. The summed E-state index contributed by atoms with van der Waals surface area (Å²) in [5, 5.41) is 0.407. The summed E-state index contributed by atoms with van der Waals surface area (Å²) >= 11 is 17.5. The molecular formula is C12H9Cl3N2O2S. The monoisotopic (exact) mass is 350 g/mol. The van der Waals surface area contributed by atoms with Crippen molar-refractivity contribution in [3.63, 3.8) is 0 Å². The number of anilines is 2. The van der Waals surface area contributed by atoms with E-state index in [1.807, 2.05) is 0 Å². The molecule has 0 unspecified atom stereocenters. The largest absolute Gasteiger partial charge is 0.399 e. The summed E-state index contributed by atoms with van der Waals surface area (Å²) in [5.74, 6) is 0. The van der Waals surface area contributed by atoms with Crippen molar-refractivity contribution in [1.82, 2.24) is 0 Å². The van der Waals surface area contributed by atoms with E-state index in [4.69, 9.17) is 40.5 Å². The molecule has 0 aliphatic carbocycles. The minimum absolute atomic E-state index is 0.0449. The van der Waals surface area contributed by atoms with Crippen molar-refractivity contribution in [3.05, 3.63) is 51.5 Å². The topological polar surface area (TPSA) is 72.2 Å². The molecule has 8 heteroatoms. The second-order valence-electron chi connectivity index (χ2n) is 3.93. The second kappa shape index (κ2) is 5.69. The molecule has 0 radical (unpaired) electrons. The van der Waals surface area contributed by atoms with Gasteiger partial charge in [-0.3, -0.25) is 4.72 Å². The zero-order valence-corrected chi connectivity index (χ0v) is 13.0. The molecule has 0 heterocycles. The van der Waals surface area contributed by atoms with Gasteiger partial charge in [-0.05, 0) is 36.4 Å². The van der Waals surface area contributed by atoms with E-state index in [9.17, 15) is 8.42 Å². The molecule has 2 rings (SSSR count). The first-order valence-corrected chi connectivity index (χ1v) is 7.94. The number of nitrogens with two attached hydrogens (primary N) is 1. The SMILES string of the molecule is Nc1cc(Cl)c(S(=O)(=O)Nc2ccc(Cl)cc2)c(Cl)c1. The van der Waals surface area contributed by atoms with Crippen LogP contribution in [0.4, 0.5) is 11.4 Å². The molecule has 0 saturated carbocycles. The molecule has 2 aromatic rings. The van der Waals surface area contributed by atoms with E-state index in [0.717, 1.165) is 0 Å². The van der Waals surface area contributed by atoms with Crippen molar-refractivity contribution < 1.29 is 8.42 Å². The van der Waals surface area contributed by atoms with Crippen LogP contribution in [0, 0.1) is 0 Å². The Morgan fingerprint density at radius 3 is 1.95 bits per heavy atom.